The normalized spacial score (nSPS) is 16.2. The van der Waals surface area contributed by atoms with Gasteiger partial charge in [0.1, 0.15) is 11.8 Å². The maximum absolute atomic E-state index is 9.12. The summed E-state index contributed by atoms with van der Waals surface area (Å²) < 4.78 is 5.32. The molecule has 3 nitrogen and oxygen atoms in total. The van der Waals surface area contributed by atoms with Gasteiger partial charge in [0.25, 0.3) is 0 Å². The lowest BCUT2D eigenvalue weighted by molar-refractivity contribution is 0.413. The van der Waals surface area contributed by atoms with Crippen LogP contribution in [0.4, 0.5) is 5.69 Å². The minimum absolute atomic E-state index is 0.479. The Morgan fingerprint density at radius 3 is 2.71 bits per heavy atom. The highest BCUT2D eigenvalue weighted by Gasteiger charge is 2.16. The standard InChI is InChI=1S/C14H18N2O/c1-17-13-9-5-6-11(10-15)14(13)16-12-7-3-2-4-8-12/h5-6,9,12,16H,2-4,7-8H2,1H3. The van der Waals surface area contributed by atoms with E-state index in [1.165, 1.54) is 32.1 Å². The topological polar surface area (TPSA) is 45.0 Å². The molecule has 1 N–H and O–H groups in total. The quantitative estimate of drug-likeness (QED) is 0.866. The van der Waals surface area contributed by atoms with E-state index in [9.17, 15) is 0 Å². The van der Waals surface area contributed by atoms with Crippen molar-refractivity contribution in [3.05, 3.63) is 23.8 Å². The van der Waals surface area contributed by atoms with Crippen LogP contribution in [-0.4, -0.2) is 13.2 Å². The fourth-order valence-corrected chi connectivity index (χ4v) is 2.39. The number of nitrogens with one attached hydrogen (secondary N) is 1. The molecule has 17 heavy (non-hydrogen) atoms. The van der Waals surface area contributed by atoms with E-state index in [4.69, 9.17) is 10.00 Å². The number of ether oxygens (including phenoxy) is 1. The number of hydrogen-bond acceptors (Lipinski definition) is 3. The van der Waals surface area contributed by atoms with Gasteiger partial charge in [0.15, 0.2) is 0 Å². The van der Waals surface area contributed by atoms with E-state index in [1.54, 1.807) is 7.11 Å². The maximum atomic E-state index is 9.12. The van der Waals surface area contributed by atoms with E-state index in [0.717, 1.165) is 11.4 Å². The van der Waals surface area contributed by atoms with Crippen LogP contribution < -0.4 is 10.1 Å². The van der Waals surface area contributed by atoms with Crippen LogP contribution in [0.5, 0.6) is 5.75 Å². The lowest BCUT2D eigenvalue weighted by Crippen LogP contribution is -2.23. The first-order valence-electron chi connectivity index (χ1n) is 6.19. The van der Waals surface area contributed by atoms with Crippen LogP contribution in [0.25, 0.3) is 0 Å². The molecule has 0 atom stereocenters. The average Bonchev–Trinajstić information content (AvgIpc) is 2.40. The Labute approximate surface area is 102 Å². The molecule has 1 aromatic rings. The summed E-state index contributed by atoms with van der Waals surface area (Å²) in [5.74, 6) is 0.759. The number of anilines is 1. The Balaban J connectivity index is 2.20. The number of hydrogen-bond donors (Lipinski definition) is 1. The van der Waals surface area contributed by atoms with Crippen LogP contribution in [-0.2, 0) is 0 Å². The molecule has 0 spiro atoms. The number of rotatable bonds is 3. The van der Waals surface area contributed by atoms with Crippen LogP contribution in [0, 0.1) is 11.3 Å². The number of para-hydroxylation sites is 1. The minimum atomic E-state index is 0.479. The van der Waals surface area contributed by atoms with Crippen molar-refractivity contribution in [1.29, 1.82) is 5.26 Å². The van der Waals surface area contributed by atoms with Gasteiger partial charge in [0.05, 0.1) is 18.4 Å². The van der Waals surface area contributed by atoms with Crippen LogP contribution in [0.15, 0.2) is 18.2 Å². The van der Waals surface area contributed by atoms with Gasteiger partial charge < -0.3 is 10.1 Å². The van der Waals surface area contributed by atoms with E-state index in [2.05, 4.69) is 11.4 Å². The highest BCUT2D eigenvalue weighted by Crippen LogP contribution is 2.31. The SMILES string of the molecule is COc1cccc(C#N)c1NC1CCCCC1. The lowest BCUT2D eigenvalue weighted by Gasteiger charge is -2.25. The Morgan fingerprint density at radius 1 is 1.29 bits per heavy atom. The second-order valence-corrected chi connectivity index (χ2v) is 4.47. The molecule has 0 heterocycles. The van der Waals surface area contributed by atoms with Gasteiger partial charge in [-0.3, -0.25) is 0 Å². The van der Waals surface area contributed by atoms with Crippen LogP contribution >= 0.6 is 0 Å². The van der Waals surface area contributed by atoms with E-state index >= 15 is 0 Å². The van der Waals surface area contributed by atoms with Gasteiger partial charge in [-0.1, -0.05) is 25.3 Å². The molecule has 1 aliphatic rings. The van der Waals surface area contributed by atoms with Crippen molar-refractivity contribution in [3.8, 4) is 11.8 Å². The van der Waals surface area contributed by atoms with E-state index in [1.807, 2.05) is 18.2 Å². The molecule has 1 saturated carbocycles. The number of nitriles is 1. The first-order chi connectivity index (χ1) is 8.35. The van der Waals surface area contributed by atoms with Gasteiger partial charge in [-0.15, -0.1) is 0 Å². The Bertz CT molecular complexity index is 417. The van der Waals surface area contributed by atoms with Crippen molar-refractivity contribution in [2.45, 2.75) is 38.1 Å². The first kappa shape index (κ1) is 11.8. The molecule has 2 rings (SSSR count). The summed E-state index contributed by atoms with van der Waals surface area (Å²) in [5, 5.41) is 12.6. The molecule has 0 aromatic heterocycles. The molecule has 1 aliphatic carbocycles. The zero-order valence-corrected chi connectivity index (χ0v) is 10.2. The zero-order chi connectivity index (χ0) is 12.1. The van der Waals surface area contributed by atoms with E-state index in [0.29, 0.717) is 11.6 Å². The van der Waals surface area contributed by atoms with Crippen LogP contribution in [0.3, 0.4) is 0 Å². The second-order valence-electron chi connectivity index (χ2n) is 4.47. The number of nitrogens with zero attached hydrogens (tertiary/aromatic N) is 1. The average molecular weight is 230 g/mol. The highest BCUT2D eigenvalue weighted by molar-refractivity contribution is 5.66. The summed E-state index contributed by atoms with van der Waals surface area (Å²) in [5.41, 5.74) is 1.51. The molecule has 1 aromatic carbocycles. The number of benzene rings is 1. The van der Waals surface area contributed by atoms with Crippen molar-refractivity contribution in [3.63, 3.8) is 0 Å². The van der Waals surface area contributed by atoms with Gasteiger partial charge in [-0.05, 0) is 25.0 Å². The third-order valence-electron chi connectivity index (χ3n) is 3.32. The molecule has 0 bridgehead atoms. The summed E-state index contributed by atoms with van der Waals surface area (Å²) >= 11 is 0. The fourth-order valence-electron chi connectivity index (χ4n) is 2.39. The summed E-state index contributed by atoms with van der Waals surface area (Å²) in [4.78, 5) is 0. The van der Waals surface area contributed by atoms with E-state index < -0.39 is 0 Å². The van der Waals surface area contributed by atoms with E-state index in [-0.39, 0.29) is 0 Å². The molecule has 0 amide bonds. The van der Waals surface area contributed by atoms with Crippen molar-refractivity contribution in [1.82, 2.24) is 0 Å². The summed E-state index contributed by atoms with van der Waals surface area (Å²) in [6, 6.07) is 8.27. The maximum Gasteiger partial charge on any atom is 0.143 e. The largest absolute Gasteiger partial charge is 0.495 e. The Kier molecular flexibility index (Phi) is 3.87. The number of methoxy groups -OCH3 is 1. The van der Waals surface area contributed by atoms with Crippen molar-refractivity contribution in [2.75, 3.05) is 12.4 Å². The molecular weight excluding hydrogens is 212 g/mol. The Morgan fingerprint density at radius 2 is 2.06 bits per heavy atom. The molecule has 1 fully saturated rings. The predicted octanol–water partition coefficient (Wildman–Crippen LogP) is 3.31. The zero-order valence-electron chi connectivity index (χ0n) is 10.2. The summed E-state index contributed by atoms with van der Waals surface area (Å²) in [6.45, 7) is 0. The van der Waals surface area contributed by atoms with Gasteiger partial charge >= 0.3 is 0 Å². The Hall–Kier alpha value is -1.69. The van der Waals surface area contributed by atoms with Gasteiger partial charge in [-0.25, -0.2) is 0 Å². The first-order valence-corrected chi connectivity index (χ1v) is 6.19. The predicted molar refractivity (Wildman–Crippen MR) is 68.2 cm³/mol. The van der Waals surface area contributed by atoms with Gasteiger partial charge in [0, 0.05) is 6.04 Å². The molecule has 90 valence electrons. The van der Waals surface area contributed by atoms with Crippen LogP contribution in [0.2, 0.25) is 0 Å². The molecule has 0 radical (unpaired) electrons. The second kappa shape index (κ2) is 5.58. The molecular formula is C14H18N2O. The summed E-state index contributed by atoms with van der Waals surface area (Å²) in [6.07, 6.45) is 6.24. The summed E-state index contributed by atoms with van der Waals surface area (Å²) in [7, 11) is 1.64. The fraction of sp³-hybridized carbons (Fsp3) is 0.500. The molecule has 3 heteroatoms. The van der Waals surface area contributed by atoms with Gasteiger partial charge in [-0.2, -0.15) is 5.26 Å². The lowest BCUT2D eigenvalue weighted by atomic mass is 9.95. The van der Waals surface area contributed by atoms with Crippen LogP contribution in [0.1, 0.15) is 37.7 Å². The molecule has 0 saturated heterocycles. The monoisotopic (exact) mass is 230 g/mol. The smallest absolute Gasteiger partial charge is 0.143 e. The van der Waals surface area contributed by atoms with Gasteiger partial charge in [0.2, 0.25) is 0 Å². The molecule has 0 unspecified atom stereocenters. The minimum Gasteiger partial charge on any atom is -0.495 e. The molecule has 0 aliphatic heterocycles. The van der Waals surface area contributed by atoms with Crippen molar-refractivity contribution < 1.29 is 4.74 Å². The van der Waals surface area contributed by atoms with Crippen molar-refractivity contribution >= 4 is 5.69 Å². The van der Waals surface area contributed by atoms with Crippen molar-refractivity contribution in [2.24, 2.45) is 0 Å². The third kappa shape index (κ3) is 2.71. The third-order valence-corrected chi connectivity index (χ3v) is 3.32. The highest BCUT2D eigenvalue weighted by atomic mass is 16.5.